The topological polar surface area (TPSA) is 94.3 Å². The summed E-state index contributed by atoms with van der Waals surface area (Å²) in [6.45, 7) is 3.70. The van der Waals surface area contributed by atoms with Crippen molar-refractivity contribution in [3.05, 3.63) is 22.2 Å². The van der Waals surface area contributed by atoms with E-state index in [2.05, 4.69) is 4.90 Å². The number of piperidine rings is 1. The summed E-state index contributed by atoms with van der Waals surface area (Å²) >= 11 is 6.14. The minimum absolute atomic E-state index is 0.0779. The van der Waals surface area contributed by atoms with Crippen LogP contribution in [0.1, 0.15) is 28.8 Å². The largest absolute Gasteiger partial charge is 0.492 e. The number of rotatable bonds is 7. The van der Waals surface area contributed by atoms with Crippen LogP contribution in [0.15, 0.2) is 6.07 Å². The number of nitrogens with two attached hydrogens (primary N) is 1. The van der Waals surface area contributed by atoms with Crippen molar-refractivity contribution >= 4 is 23.3 Å². The molecule has 1 saturated heterocycles. The lowest BCUT2D eigenvalue weighted by Crippen LogP contribution is -2.45. The molecule has 2 atom stereocenters. The van der Waals surface area contributed by atoms with Crippen LogP contribution in [0.3, 0.4) is 0 Å². The number of halogens is 1. The SMILES string of the molecule is COCCCN1CCC(COC(=O)c2cc(Cl)c(N)c3c2OCC3)C(O)C1. The highest BCUT2D eigenvalue weighted by Crippen LogP contribution is 2.39. The molecule has 7 nitrogen and oxygen atoms in total. The molecule has 3 rings (SSSR count). The Morgan fingerprint density at radius 2 is 2.33 bits per heavy atom. The molecule has 1 fully saturated rings. The lowest BCUT2D eigenvalue weighted by molar-refractivity contribution is -0.0159. The van der Waals surface area contributed by atoms with Gasteiger partial charge in [-0.05, 0) is 25.5 Å². The van der Waals surface area contributed by atoms with E-state index in [1.54, 1.807) is 7.11 Å². The zero-order chi connectivity index (χ0) is 19.4. The molecule has 3 N–H and O–H groups in total. The minimum Gasteiger partial charge on any atom is -0.492 e. The van der Waals surface area contributed by atoms with E-state index in [0.29, 0.717) is 48.2 Å². The number of β-amino-alcohol motifs (C(OH)–C–C–N with tert-alkyl or cyclic N) is 1. The number of hydrogen-bond donors (Lipinski definition) is 2. The molecule has 150 valence electrons. The van der Waals surface area contributed by atoms with E-state index in [9.17, 15) is 9.90 Å². The van der Waals surface area contributed by atoms with Gasteiger partial charge in [0.1, 0.15) is 11.3 Å². The fraction of sp³-hybridized carbons (Fsp3) is 0.632. The molecule has 2 aliphatic rings. The standard InChI is InChI=1S/C19H27ClN2O5/c1-25-7-2-5-22-6-3-12(16(23)10-22)11-27-19(24)14-9-15(20)17(21)13-4-8-26-18(13)14/h9,12,16,23H,2-8,10-11,21H2,1H3. The molecule has 27 heavy (non-hydrogen) atoms. The summed E-state index contributed by atoms with van der Waals surface area (Å²) in [6, 6.07) is 1.50. The lowest BCUT2D eigenvalue weighted by atomic mass is 9.94. The molecule has 2 unspecified atom stereocenters. The van der Waals surface area contributed by atoms with E-state index < -0.39 is 12.1 Å². The van der Waals surface area contributed by atoms with Gasteiger partial charge >= 0.3 is 5.97 Å². The average molecular weight is 399 g/mol. The van der Waals surface area contributed by atoms with Gasteiger partial charge in [0.05, 0.1) is 30.0 Å². The van der Waals surface area contributed by atoms with Gasteiger partial charge in [-0.3, -0.25) is 0 Å². The molecule has 0 aromatic heterocycles. The Morgan fingerprint density at radius 3 is 3.07 bits per heavy atom. The van der Waals surface area contributed by atoms with Crippen molar-refractivity contribution in [1.29, 1.82) is 0 Å². The third-order valence-corrected chi connectivity index (χ3v) is 5.56. The third kappa shape index (κ3) is 4.66. The van der Waals surface area contributed by atoms with Crippen molar-refractivity contribution in [3.8, 4) is 5.75 Å². The van der Waals surface area contributed by atoms with E-state index in [1.165, 1.54) is 6.07 Å². The van der Waals surface area contributed by atoms with Crippen LogP contribution < -0.4 is 10.5 Å². The predicted molar refractivity (Wildman–Crippen MR) is 102 cm³/mol. The summed E-state index contributed by atoms with van der Waals surface area (Å²) in [6.07, 6.45) is 1.82. The number of esters is 1. The number of ether oxygens (including phenoxy) is 3. The summed E-state index contributed by atoms with van der Waals surface area (Å²) < 4.78 is 16.1. The first-order valence-electron chi connectivity index (χ1n) is 9.31. The van der Waals surface area contributed by atoms with E-state index in [4.69, 9.17) is 31.5 Å². The van der Waals surface area contributed by atoms with Crippen LogP contribution in [0.5, 0.6) is 5.75 Å². The van der Waals surface area contributed by atoms with E-state index in [-0.39, 0.29) is 12.5 Å². The zero-order valence-electron chi connectivity index (χ0n) is 15.6. The minimum atomic E-state index is -0.522. The Kier molecular flexibility index (Phi) is 6.81. The van der Waals surface area contributed by atoms with Crippen LogP contribution in [-0.4, -0.2) is 68.6 Å². The lowest BCUT2D eigenvalue weighted by Gasteiger charge is -2.35. The number of hydrogen-bond acceptors (Lipinski definition) is 7. The van der Waals surface area contributed by atoms with Gasteiger partial charge in [0, 0.05) is 44.7 Å². The van der Waals surface area contributed by atoms with Crippen molar-refractivity contribution in [2.24, 2.45) is 5.92 Å². The fourth-order valence-corrected chi connectivity index (χ4v) is 3.88. The molecule has 2 heterocycles. The van der Waals surface area contributed by atoms with Gasteiger partial charge in [-0.2, -0.15) is 0 Å². The molecule has 0 bridgehead atoms. The molecular weight excluding hydrogens is 372 g/mol. The number of aliphatic hydroxyl groups is 1. The van der Waals surface area contributed by atoms with Gasteiger partial charge in [0.25, 0.3) is 0 Å². The molecule has 0 saturated carbocycles. The second kappa shape index (κ2) is 9.10. The van der Waals surface area contributed by atoms with Gasteiger partial charge in [-0.15, -0.1) is 0 Å². The normalized spacial score (nSPS) is 22.3. The summed E-state index contributed by atoms with van der Waals surface area (Å²) in [5, 5.41) is 10.7. The number of fused-ring (bicyclic) bond motifs is 1. The fourth-order valence-electron chi connectivity index (χ4n) is 3.66. The quantitative estimate of drug-likeness (QED) is 0.410. The second-order valence-corrected chi connectivity index (χ2v) is 7.49. The predicted octanol–water partition coefficient (Wildman–Crippen LogP) is 1.73. The maximum absolute atomic E-state index is 12.5. The van der Waals surface area contributed by atoms with E-state index in [1.807, 2.05) is 0 Å². The smallest absolute Gasteiger partial charge is 0.341 e. The maximum atomic E-state index is 12.5. The molecule has 1 aromatic rings. The second-order valence-electron chi connectivity index (χ2n) is 7.09. The van der Waals surface area contributed by atoms with Crippen molar-refractivity contribution < 1.29 is 24.1 Å². The van der Waals surface area contributed by atoms with Gasteiger partial charge in [-0.25, -0.2) is 4.79 Å². The van der Waals surface area contributed by atoms with Gasteiger partial charge < -0.3 is 30.0 Å². The summed E-state index contributed by atoms with van der Waals surface area (Å²) in [7, 11) is 1.68. The molecule has 1 aromatic carbocycles. The van der Waals surface area contributed by atoms with Gasteiger partial charge in [0.15, 0.2) is 0 Å². The summed E-state index contributed by atoms with van der Waals surface area (Å²) in [5.74, 6) is -0.106. The molecule has 0 aliphatic carbocycles. The van der Waals surface area contributed by atoms with Crippen LogP contribution >= 0.6 is 11.6 Å². The van der Waals surface area contributed by atoms with E-state index >= 15 is 0 Å². The number of carbonyl (C=O) groups excluding carboxylic acids is 1. The average Bonchev–Trinajstić information content (AvgIpc) is 3.14. The number of anilines is 1. The molecule has 2 aliphatic heterocycles. The first kappa shape index (κ1) is 20.2. The van der Waals surface area contributed by atoms with Crippen LogP contribution in [0.4, 0.5) is 5.69 Å². The molecule has 0 radical (unpaired) electrons. The molecule has 0 amide bonds. The zero-order valence-corrected chi connectivity index (χ0v) is 16.3. The molecule has 8 heteroatoms. The number of benzene rings is 1. The summed E-state index contributed by atoms with van der Waals surface area (Å²) in [4.78, 5) is 14.8. The van der Waals surface area contributed by atoms with Crippen LogP contribution in [0, 0.1) is 5.92 Å². The first-order chi connectivity index (χ1) is 13.0. The van der Waals surface area contributed by atoms with Crippen molar-refractivity contribution in [2.45, 2.75) is 25.4 Å². The van der Waals surface area contributed by atoms with Crippen molar-refractivity contribution in [1.82, 2.24) is 4.90 Å². The van der Waals surface area contributed by atoms with Gasteiger partial charge in [0.2, 0.25) is 0 Å². The third-order valence-electron chi connectivity index (χ3n) is 5.25. The van der Waals surface area contributed by atoms with Crippen molar-refractivity contribution in [2.75, 3.05) is 52.3 Å². The Labute approximate surface area is 164 Å². The van der Waals surface area contributed by atoms with Crippen LogP contribution in [-0.2, 0) is 15.9 Å². The maximum Gasteiger partial charge on any atom is 0.341 e. The first-order valence-corrected chi connectivity index (χ1v) is 9.69. The molecule has 0 spiro atoms. The number of nitrogen functional groups attached to an aromatic ring is 1. The number of aliphatic hydroxyl groups excluding tert-OH is 1. The Morgan fingerprint density at radius 1 is 1.52 bits per heavy atom. The summed E-state index contributed by atoms with van der Waals surface area (Å²) in [5.41, 5.74) is 7.48. The highest BCUT2D eigenvalue weighted by molar-refractivity contribution is 6.33. The monoisotopic (exact) mass is 398 g/mol. The van der Waals surface area contributed by atoms with Gasteiger partial charge in [-0.1, -0.05) is 11.6 Å². The Hall–Kier alpha value is -1.54. The number of methoxy groups -OCH3 is 1. The van der Waals surface area contributed by atoms with Crippen LogP contribution in [0.25, 0.3) is 0 Å². The highest BCUT2D eigenvalue weighted by Gasteiger charge is 2.30. The number of carbonyl (C=O) groups is 1. The highest BCUT2D eigenvalue weighted by atomic mass is 35.5. The Bertz CT molecular complexity index is 685. The van der Waals surface area contributed by atoms with E-state index in [0.717, 1.165) is 31.5 Å². The van der Waals surface area contributed by atoms with Crippen molar-refractivity contribution in [3.63, 3.8) is 0 Å². The van der Waals surface area contributed by atoms with Crippen LogP contribution in [0.2, 0.25) is 5.02 Å². The number of nitrogens with zero attached hydrogens (tertiary/aromatic N) is 1. The number of likely N-dealkylation sites (tertiary alicyclic amines) is 1. The molecular formula is C19H27ClN2O5. The Balaban J connectivity index is 1.55.